The van der Waals surface area contributed by atoms with Gasteiger partial charge in [0, 0.05) is 34.5 Å². The highest BCUT2D eigenvalue weighted by molar-refractivity contribution is 6.36. The number of carbonyl (C=O) groups excluding carboxylic acids is 1. The SMILES string of the molecule is CCC(CC)C(=O)NCCCCCc1nc2ccccc2n1Cc1c(Cl)cccc1Cl. The number of amides is 1. The van der Waals surface area contributed by atoms with Crippen molar-refractivity contribution in [3.63, 3.8) is 0 Å². The molecule has 1 heterocycles. The molecule has 0 aliphatic rings. The third kappa shape index (κ3) is 6.02. The molecule has 0 bridgehead atoms. The summed E-state index contributed by atoms with van der Waals surface area (Å²) in [5.41, 5.74) is 2.99. The van der Waals surface area contributed by atoms with Crippen molar-refractivity contribution in [2.75, 3.05) is 6.54 Å². The summed E-state index contributed by atoms with van der Waals surface area (Å²) in [5, 5.41) is 4.41. The summed E-state index contributed by atoms with van der Waals surface area (Å²) >= 11 is 12.9. The summed E-state index contributed by atoms with van der Waals surface area (Å²) in [7, 11) is 0. The minimum atomic E-state index is 0.136. The molecule has 0 saturated carbocycles. The number of imidazole rings is 1. The fourth-order valence-electron chi connectivity index (χ4n) is 3.93. The number of unbranched alkanes of at least 4 members (excludes halogenated alkanes) is 2. The van der Waals surface area contributed by atoms with Crippen LogP contribution in [0.3, 0.4) is 0 Å². The van der Waals surface area contributed by atoms with E-state index >= 15 is 0 Å². The van der Waals surface area contributed by atoms with Crippen LogP contribution in [0.25, 0.3) is 11.0 Å². The van der Waals surface area contributed by atoms with E-state index in [2.05, 4.69) is 29.8 Å². The van der Waals surface area contributed by atoms with E-state index in [1.807, 2.05) is 36.4 Å². The molecule has 3 aromatic rings. The largest absolute Gasteiger partial charge is 0.356 e. The number of aromatic nitrogens is 2. The number of halogens is 2. The molecule has 0 radical (unpaired) electrons. The maximum atomic E-state index is 12.1. The van der Waals surface area contributed by atoms with Crippen LogP contribution in [0, 0.1) is 5.92 Å². The highest BCUT2D eigenvalue weighted by Gasteiger charge is 2.15. The van der Waals surface area contributed by atoms with Crippen molar-refractivity contribution >= 4 is 40.1 Å². The predicted molar refractivity (Wildman–Crippen MR) is 130 cm³/mol. The first-order valence-electron chi connectivity index (χ1n) is 11.2. The van der Waals surface area contributed by atoms with E-state index in [-0.39, 0.29) is 11.8 Å². The lowest BCUT2D eigenvalue weighted by atomic mass is 10.0. The molecule has 0 spiro atoms. The number of hydrogen-bond donors (Lipinski definition) is 1. The van der Waals surface area contributed by atoms with Crippen molar-refractivity contribution in [1.29, 1.82) is 0 Å². The summed E-state index contributed by atoms with van der Waals surface area (Å²) in [4.78, 5) is 17.0. The summed E-state index contributed by atoms with van der Waals surface area (Å²) in [5.74, 6) is 1.36. The Morgan fingerprint density at radius 2 is 1.71 bits per heavy atom. The van der Waals surface area contributed by atoms with E-state index in [1.165, 1.54) is 0 Å². The molecule has 1 amide bonds. The molecule has 1 N–H and O–H groups in total. The van der Waals surface area contributed by atoms with Gasteiger partial charge in [0.15, 0.2) is 0 Å². The molecule has 0 saturated heterocycles. The molecule has 0 fully saturated rings. The van der Waals surface area contributed by atoms with Crippen molar-refractivity contribution in [3.05, 3.63) is 63.9 Å². The van der Waals surface area contributed by atoms with Gasteiger partial charge in [0.05, 0.1) is 17.6 Å². The third-order valence-electron chi connectivity index (χ3n) is 5.84. The van der Waals surface area contributed by atoms with Gasteiger partial charge in [-0.15, -0.1) is 0 Å². The van der Waals surface area contributed by atoms with Crippen LogP contribution in [-0.2, 0) is 17.8 Å². The average Bonchev–Trinajstić information content (AvgIpc) is 3.11. The van der Waals surface area contributed by atoms with E-state index in [9.17, 15) is 4.79 Å². The summed E-state index contributed by atoms with van der Waals surface area (Å²) in [6.45, 7) is 5.46. The summed E-state index contributed by atoms with van der Waals surface area (Å²) < 4.78 is 2.22. The number of rotatable bonds is 11. The van der Waals surface area contributed by atoms with Gasteiger partial charge in [0.25, 0.3) is 0 Å². The fraction of sp³-hybridized carbons (Fsp3) is 0.440. The van der Waals surface area contributed by atoms with Gasteiger partial charge in [-0.2, -0.15) is 0 Å². The molecule has 31 heavy (non-hydrogen) atoms. The van der Waals surface area contributed by atoms with Crippen molar-refractivity contribution in [2.45, 2.75) is 58.9 Å². The predicted octanol–water partition coefficient (Wildman–Crippen LogP) is 6.66. The van der Waals surface area contributed by atoms with Crippen LogP contribution in [0.2, 0.25) is 10.0 Å². The van der Waals surface area contributed by atoms with E-state index < -0.39 is 0 Å². The minimum absolute atomic E-state index is 0.136. The Morgan fingerprint density at radius 3 is 2.42 bits per heavy atom. The van der Waals surface area contributed by atoms with Gasteiger partial charge in [-0.1, -0.05) is 61.7 Å². The van der Waals surface area contributed by atoms with Gasteiger partial charge in [-0.05, 0) is 49.9 Å². The quantitative estimate of drug-likeness (QED) is 0.326. The van der Waals surface area contributed by atoms with Crippen molar-refractivity contribution < 1.29 is 4.79 Å². The van der Waals surface area contributed by atoms with Crippen LogP contribution in [0.5, 0.6) is 0 Å². The monoisotopic (exact) mass is 459 g/mol. The Morgan fingerprint density at radius 1 is 1.00 bits per heavy atom. The van der Waals surface area contributed by atoms with E-state index in [1.54, 1.807) is 0 Å². The lowest BCUT2D eigenvalue weighted by molar-refractivity contribution is -0.125. The molecule has 0 unspecified atom stereocenters. The zero-order chi connectivity index (χ0) is 22.2. The molecule has 0 aliphatic heterocycles. The fourth-order valence-corrected chi connectivity index (χ4v) is 4.45. The Labute approximate surface area is 195 Å². The number of fused-ring (bicyclic) bond motifs is 1. The number of hydrogen-bond acceptors (Lipinski definition) is 2. The van der Waals surface area contributed by atoms with Gasteiger partial charge < -0.3 is 9.88 Å². The van der Waals surface area contributed by atoms with Crippen LogP contribution < -0.4 is 5.32 Å². The molecule has 166 valence electrons. The normalized spacial score (nSPS) is 11.4. The van der Waals surface area contributed by atoms with Crippen LogP contribution in [0.4, 0.5) is 0 Å². The van der Waals surface area contributed by atoms with Crippen molar-refractivity contribution in [3.8, 4) is 0 Å². The molecular weight excluding hydrogens is 429 g/mol. The summed E-state index contributed by atoms with van der Waals surface area (Å²) in [6, 6.07) is 13.8. The highest BCUT2D eigenvalue weighted by Crippen LogP contribution is 2.28. The Bertz CT molecular complexity index is 991. The van der Waals surface area contributed by atoms with Gasteiger partial charge >= 0.3 is 0 Å². The molecule has 0 atom stereocenters. The zero-order valence-corrected chi connectivity index (χ0v) is 19.8. The molecular formula is C25H31Cl2N3O. The second kappa shape index (κ2) is 11.5. The standard InChI is InChI=1S/C25H31Cl2N3O/c1-3-18(4-2)25(31)28-16-9-5-6-15-24-29-22-13-7-8-14-23(22)30(24)17-19-20(26)11-10-12-21(19)27/h7-8,10-14,18H,3-6,9,15-17H2,1-2H3,(H,28,31). The van der Waals surface area contributed by atoms with Crippen LogP contribution in [0.15, 0.2) is 42.5 Å². The third-order valence-corrected chi connectivity index (χ3v) is 6.55. The van der Waals surface area contributed by atoms with Gasteiger partial charge in [0.1, 0.15) is 5.82 Å². The van der Waals surface area contributed by atoms with Gasteiger partial charge in [-0.3, -0.25) is 4.79 Å². The second-order valence-electron chi connectivity index (χ2n) is 7.92. The lowest BCUT2D eigenvalue weighted by Crippen LogP contribution is -2.30. The number of aryl methyl sites for hydroxylation is 1. The van der Waals surface area contributed by atoms with Crippen LogP contribution >= 0.6 is 23.2 Å². The first kappa shape index (κ1) is 23.6. The average molecular weight is 460 g/mol. The van der Waals surface area contributed by atoms with Gasteiger partial charge in [-0.25, -0.2) is 4.98 Å². The van der Waals surface area contributed by atoms with Crippen LogP contribution in [-0.4, -0.2) is 22.0 Å². The van der Waals surface area contributed by atoms with E-state index in [0.29, 0.717) is 16.6 Å². The Hall–Kier alpha value is -2.04. The molecule has 3 rings (SSSR count). The van der Waals surface area contributed by atoms with Gasteiger partial charge in [0.2, 0.25) is 5.91 Å². The first-order chi connectivity index (χ1) is 15.0. The molecule has 6 heteroatoms. The molecule has 1 aromatic heterocycles. The van der Waals surface area contributed by atoms with Crippen molar-refractivity contribution in [1.82, 2.24) is 14.9 Å². The first-order valence-corrected chi connectivity index (χ1v) is 12.0. The smallest absolute Gasteiger partial charge is 0.223 e. The maximum Gasteiger partial charge on any atom is 0.223 e. The Balaban J connectivity index is 1.62. The summed E-state index contributed by atoms with van der Waals surface area (Å²) in [6.07, 6.45) is 5.70. The molecule has 4 nitrogen and oxygen atoms in total. The minimum Gasteiger partial charge on any atom is -0.356 e. The number of nitrogens with zero attached hydrogens (tertiary/aromatic N) is 2. The molecule has 2 aromatic carbocycles. The van der Waals surface area contributed by atoms with E-state index in [4.69, 9.17) is 28.2 Å². The topological polar surface area (TPSA) is 46.9 Å². The van der Waals surface area contributed by atoms with E-state index in [0.717, 1.165) is 67.5 Å². The number of carbonyl (C=O) groups is 1. The number of benzene rings is 2. The molecule has 0 aliphatic carbocycles. The van der Waals surface area contributed by atoms with Crippen LogP contribution in [0.1, 0.15) is 57.3 Å². The highest BCUT2D eigenvalue weighted by atomic mass is 35.5. The number of para-hydroxylation sites is 2. The zero-order valence-electron chi connectivity index (χ0n) is 18.3. The lowest BCUT2D eigenvalue weighted by Gasteiger charge is -2.13. The maximum absolute atomic E-state index is 12.1. The second-order valence-corrected chi connectivity index (χ2v) is 8.73. The number of nitrogens with one attached hydrogen (secondary N) is 1. The Kier molecular flexibility index (Phi) is 8.79. The van der Waals surface area contributed by atoms with Crippen molar-refractivity contribution in [2.24, 2.45) is 5.92 Å².